The molecule has 1 aromatic rings. The number of hydrogen-bond donors (Lipinski definition) is 2. The van der Waals surface area contributed by atoms with Gasteiger partial charge in [0.25, 0.3) is 0 Å². The van der Waals surface area contributed by atoms with E-state index in [4.69, 9.17) is 11.6 Å². The second-order valence-electron chi connectivity index (χ2n) is 5.26. The van der Waals surface area contributed by atoms with E-state index in [0.29, 0.717) is 5.02 Å². The SMILES string of the molecule is O[C@]12CCNC[C@H]1CN(c1ncccc1Cl)CC2. The van der Waals surface area contributed by atoms with E-state index in [-0.39, 0.29) is 5.92 Å². The van der Waals surface area contributed by atoms with Gasteiger partial charge in [0, 0.05) is 31.7 Å². The maximum Gasteiger partial charge on any atom is 0.147 e. The molecule has 3 rings (SSSR count). The van der Waals surface area contributed by atoms with Crippen LogP contribution in [-0.4, -0.2) is 41.9 Å². The van der Waals surface area contributed by atoms with Crippen LogP contribution in [0.3, 0.4) is 0 Å². The molecule has 0 aromatic carbocycles. The van der Waals surface area contributed by atoms with Crippen molar-refractivity contribution in [2.75, 3.05) is 31.1 Å². The monoisotopic (exact) mass is 267 g/mol. The van der Waals surface area contributed by atoms with E-state index in [0.717, 1.165) is 44.8 Å². The lowest BCUT2D eigenvalue weighted by Crippen LogP contribution is -2.59. The predicted octanol–water partition coefficient (Wildman–Crippen LogP) is 1.29. The highest BCUT2D eigenvalue weighted by atomic mass is 35.5. The van der Waals surface area contributed by atoms with Crippen LogP contribution in [0, 0.1) is 5.92 Å². The lowest BCUT2D eigenvalue weighted by atomic mass is 9.76. The lowest BCUT2D eigenvalue weighted by molar-refractivity contribution is -0.0539. The standard InChI is InChI=1S/C13H18ClN3O/c14-11-2-1-5-16-12(11)17-7-4-13(18)3-6-15-8-10(13)9-17/h1-2,5,10,15,18H,3-4,6-9H2/t10-,13-/m0/s1. The molecule has 3 heterocycles. The van der Waals surface area contributed by atoms with Crippen molar-refractivity contribution in [3.05, 3.63) is 23.4 Å². The highest BCUT2D eigenvalue weighted by molar-refractivity contribution is 6.32. The molecule has 0 saturated carbocycles. The highest BCUT2D eigenvalue weighted by Crippen LogP contribution is 2.35. The van der Waals surface area contributed by atoms with Gasteiger partial charge in [0.2, 0.25) is 0 Å². The van der Waals surface area contributed by atoms with Crippen LogP contribution in [0.2, 0.25) is 5.02 Å². The van der Waals surface area contributed by atoms with Crippen LogP contribution in [0.1, 0.15) is 12.8 Å². The summed E-state index contributed by atoms with van der Waals surface area (Å²) in [5.74, 6) is 1.10. The molecule has 0 amide bonds. The van der Waals surface area contributed by atoms with E-state index in [2.05, 4.69) is 15.2 Å². The first-order chi connectivity index (χ1) is 8.69. The fourth-order valence-electron chi connectivity index (χ4n) is 3.03. The molecule has 0 radical (unpaired) electrons. The van der Waals surface area contributed by atoms with Gasteiger partial charge in [-0.1, -0.05) is 11.6 Å². The van der Waals surface area contributed by atoms with Gasteiger partial charge in [0.15, 0.2) is 0 Å². The number of fused-ring (bicyclic) bond motifs is 1. The minimum Gasteiger partial charge on any atom is -0.389 e. The Balaban J connectivity index is 1.80. The van der Waals surface area contributed by atoms with Crippen LogP contribution < -0.4 is 10.2 Å². The zero-order chi connectivity index (χ0) is 12.6. The Bertz CT molecular complexity index is 442. The first kappa shape index (κ1) is 12.2. The van der Waals surface area contributed by atoms with Crippen molar-refractivity contribution in [2.24, 2.45) is 5.92 Å². The van der Waals surface area contributed by atoms with E-state index in [1.165, 1.54) is 0 Å². The number of nitrogens with zero attached hydrogens (tertiary/aromatic N) is 2. The van der Waals surface area contributed by atoms with Crippen LogP contribution in [0.4, 0.5) is 5.82 Å². The maximum atomic E-state index is 10.6. The minimum absolute atomic E-state index is 0.262. The second kappa shape index (κ2) is 4.68. The fourth-order valence-corrected chi connectivity index (χ4v) is 3.27. The van der Waals surface area contributed by atoms with Gasteiger partial charge in [-0.25, -0.2) is 4.98 Å². The molecule has 2 N–H and O–H groups in total. The van der Waals surface area contributed by atoms with E-state index >= 15 is 0 Å². The molecule has 2 fully saturated rings. The first-order valence-corrected chi connectivity index (χ1v) is 6.85. The molecule has 0 spiro atoms. The molecule has 2 saturated heterocycles. The quantitative estimate of drug-likeness (QED) is 0.805. The molecular weight excluding hydrogens is 250 g/mol. The number of halogens is 1. The Hall–Kier alpha value is -0.840. The average molecular weight is 268 g/mol. The van der Waals surface area contributed by atoms with Crippen molar-refractivity contribution in [2.45, 2.75) is 18.4 Å². The Kier molecular flexibility index (Phi) is 3.18. The third-order valence-corrected chi connectivity index (χ3v) is 4.47. The molecule has 2 aliphatic rings. The second-order valence-corrected chi connectivity index (χ2v) is 5.67. The van der Waals surface area contributed by atoms with Crippen LogP contribution >= 0.6 is 11.6 Å². The molecule has 18 heavy (non-hydrogen) atoms. The van der Waals surface area contributed by atoms with E-state index in [9.17, 15) is 5.11 Å². The summed E-state index contributed by atoms with van der Waals surface area (Å²) in [5.41, 5.74) is -0.497. The number of aromatic nitrogens is 1. The normalized spacial score (nSPS) is 32.1. The van der Waals surface area contributed by atoms with E-state index in [1.807, 2.05) is 12.1 Å². The topological polar surface area (TPSA) is 48.4 Å². The van der Waals surface area contributed by atoms with Gasteiger partial charge >= 0.3 is 0 Å². The zero-order valence-corrected chi connectivity index (χ0v) is 11.0. The number of pyridine rings is 1. The number of rotatable bonds is 1. The summed E-state index contributed by atoms with van der Waals surface area (Å²) in [7, 11) is 0. The van der Waals surface area contributed by atoms with Crippen LogP contribution in [0.25, 0.3) is 0 Å². The summed E-state index contributed by atoms with van der Waals surface area (Å²) < 4.78 is 0. The summed E-state index contributed by atoms with van der Waals surface area (Å²) in [6.07, 6.45) is 3.41. The number of hydrogen-bond acceptors (Lipinski definition) is 4. The van der Waals surface area contributed by atoms with Crippen molar-refractivity contribution < 1.29 is 5.11 Å². The third kappa shape index (κ3) is 2.09. The molecule has 0 aliphatic carbocycles. The van der Waals surface area contributed by atoms with Gasteiger partial charge < -0.3 is 15.3 Å². The Morgan fingerprint density at radius 1 is 1.50 bits per heavy atom. The summed E-state index contributed by atoms with van der Waals surface area (Å²) in [4.78, 5) is 6.54. The predicted molar refractivity (Wildman–Crippen MR) is 72.0 cm³/mol. The van der Waals surface area contributed by atoms with Crippen molar-refractivity contribution in [3.8, 4) is 0 Å². The van der Waals surface area contributed by atoms with E-state index < -0.39 is 5.60 Å². The Morgan fingerprint density at radius 3 is 3.22 bits per heavy atom. The van der Waals surface area contributed by atoms with Gasteiger partial charge in [-0.2, -0.15) is 0 Å². The van der Waals surface area contributed by atoms with Crippen LogP contribution in [-0.2, 0) is 0 Å². The molecule has 98 valence electrons. The average Bonchev–Trinajstić information content (AvgIpc) is 2.38. The Labute approximate surface area is 112 Å². The minimum atomic E-state index is -0.497. The number of nitrogens with one attached hydrogen (secondary N) is 1. The Morgan fingerprint density at radius 2 is 2.39 bits per heavy atom. The highest BCUT2D eigenvalue weighted by Gasteiger charge is 2.43. The molecule has 0 unspecified atom stereocenters. The largest absolute Gasteiger partial charge is 0.389 e. The van der Waals surface area contributed by atoms with Gasteiger partial charge in [-0.05, 0) is 31.5 Å². The van der Waals surface area contributed by atoms with Crippen molar-refractivity contribution in [1.82, 2.24) is 10.3 Å². The molecule has 0 bridgehead atoms. The number of piperidine rings is 2. The zero-order valence-electron chi connectivity index (χ0n) is 10.3. The van der Waals surface area contributed by atoms with Crippen LogP contribution in [0.15, 0.2) is 18.3 Å². The summed E-state index contributed by atoms with van der Waals surface area (Å²) in [6, 6.07) is 3.71. The summed E-state index contributed by atoms with van der Waals surface area (Å²) >= 11 is 6.19. The lowest BCUT2D eigenvalue weighted by Gasteiger charge is -2.47. The molecule has 2 atom stereocenters. The van der Waals surface area contributed by atoms with Gasteiger partial charge in [0.05, 0.1) is 10.6 Å². The maximum absolute atomic E-state index is 10.6. The smallest absolute Gasteiger partial charge is 0.147 e. The summed E-state index contributed by atoms with van der Waals surface area (Å²) in [5, 5.41) is 14.6. The number of aliphatic hydroxyl groups is 1. The van der Waals surface area contributed by atoms with Crippen molar-refractivity contribution in [1.29, 1.82) is 0 Å². The molecule has 5 heteroatoms. The van der Waals surface area contributed by atoms with Crippen LogP contribution in [0.5, 0.6) is 0 Å². The van der Waals surface area contributed by atoms with E-state index in [1.54, 1.807) is 6.20 Å². The van der Waals surface area contributed by atoms with Gasteiger partial charge in [0.1, 0.15) is 5.82 Å². The third-order valence-electron chi connectivity index (χ3n) is 4.18. The van der Waals surface area contributed by atoms with Crippen molar-refractivity contribution in [3.63, 3.8) is 0 Å². The van der Waals surface area contributed by atoms with Crippen molar-refractivity contribution >= 4 is 17.4 Å². The van der Waals surface area contributed by atoms with Gasteiger partial charge in [-0.3, -0.25) is 0 Å². The number of anilines is 1. The molecule has 1 aromatic heterocycles. The van der Waals surface area contributed by atoms with Gasteiger partial charge in [-0.15, -0.1) is 0 Å². The summed E-state index contributed by atoms with van der Waals surface area (Å²) in [6.45, 7) is 3.43. The first-order valence-electron chi connectivity index (χ1n) is 6.48. The molecule has 4 nitrogen and oxygen atoms in total. The fraction of sp³-hybridized carbons (Fsp3) is 0.615. The molecule has 2 aliphatic heterocycles. The molecular formula is C13H18ClN3O.